The van der Waals surface area contributed by atoms with Crippen molar-refractivity contribution in [3.05, 3.63) is 64.2 Å². The summed E-state index contributed by atoms with van der Waals surface area (Å²) in [5, 5.41) is 2.35. The molecule has 2 aromatic carbocycles. The van der Waals surface area contributed by atoms with Crippen LogP contribution in [0.1, 0.15) is 21.5 Å². The molecule has 0 saturated heterocycles. The van der Waals surface area contributed by atoms with Crippen LogP contribution in [0.5, 0.6) is 0 Å². The van der Waals surface area contributed by atoms with Gasteiger partial charge in [-0.2, -0.15) is 0 Å². The van der Waals surface area contributed by atoms with E-state index in [4.69, 9.17) is 0 Å². The highest BCUT2D eigenvalue weighted by Gasteiger charge is 2.23. The Balaban J connectivity index is 2.40. The SMILES string of the molecule is Cc1ccc(C)c(NC(=O)c2cc(F)c(F)c(F)c2F)c1. The van der Waals surface area contributed by atoms with Crippen LogP contribution in [-0.2, 0) is 0 Å². The number of rotatable bonds is 2. The summed E-state index contributed by atoms with van der Waals surface area (Å²) in [6.45, 7) is 3.49. The Morgan fingerprint density at radius 3 is 2.29 bits per heavy atom. The van der Waals surface area contributed by atoms with Crippen molar-refractivity contribution in [1.29, 1.82) is 0 Å². The van der Waals surface area contributed by atoms with E-state index in [1.54, 1.807) is 26.0 Å². The first-order valence-corrected chi connectivity index (χ1v) is 6.03. The lowest BCUT2D eigenvalue weighted by Gasteiger charge is -2.10. The molecule has 0 bridgehead atoms. The predicted molar refractivity (Wildman–Crippen MR) is 70.1 cm³/mol. The highest BCUT2D eigenvalue weighted by molar-refractivity contribution is 6.04. The molecule has 0 aliphatic heterocycles. The Morgan fingerprint density at radius 2 is 1.62 bits per heavy atom. The molecule has 0 aliphatic carbocycles. The second kappa shape index (κ2) is 5.55. The third-order valence-electron chi connectivity index (χ3n) is 2.99. The number of anilines is 1. The maximum atomic E-state index is 13.5. The summed E-state index contributed by atoms with van der Waals surface area (Å²) in [4.78, 5) is 11.9. The Kier molecular flexibility index (Phi) is 3.97. The average molecular weight is 297 g/mol. The lowest BCUT2D eigenvalue weighted by Crippen LogP contribution is -2.17. The van der Waals surface area contributed by atoms with Crippen LogP contribution in [0.4, 0.5) is 23.2 Å². The fourth-order valence-electron chi connectivity index (χ4n) is 1.80. The fourth-order valence-corrected chi connectivity index (χ4v) is 1.80. The molecule has 1 amide bonds. The molecule has 2 nitrogen and oxygen atoms in total. The van der Waals surface area contributed by atoms with Crippen molar-refractivity contribution >= 4 is 11.6 Å². The minimum Gasteiger partial charge on any atom is -0.322 e. The van der Waals surface area contributed by atoms with Gasteiger partial charge in [0.25, 0.3) is 5.91 Å². The molecule has 0 unspecified atom stereocenters. The van der Waals surface area contributed by atoms with E-state index in [1.807, 2.05) is 6.07 Å². The van der Waals surface area contributed by atoms with Gasteiger partial charge >= 0.3 is 0 Å². The van der Waals surface area contributed by atoms with Gasteiger partial charge in [-0.05, 0) is 37.1 Å². The van der Waals surface area contributed by atoms with Crippen LogP contribution < -0.4 is 5.32 Å². The van der Waals surface area contributed by atoms with Gasteiger partial charge in [-0.3, -0.25) is 4.79 Å². The number of hydrogen-bond acceptors (Lipinski definition) is 1. The van der Waals surface area contributed by atoms with Crippen molar-refractivity contribution in [3.63, 3.8) is 0 Å². The highest BCUT2D eigenvalue weighted by Crippen LogP contribution is 2.21. The Hall–Kier alpha value is -2.37. The zero-order valence-electron chi connectivity index (χ0n) is 11.2. The van der Waals surface area contributed by atoms with Crippen molar-refractivity contribution in [3.8, 4) is 0 Å². The molecule has 1 N–H and O–H groups in total. The van der Waals surface area contributed by atoms with E-state index in [0.717, 1.165) is 5.56 Å². The molecule has 110 valence electrons. The van der Waals surface area contributed by atoms with Gasteiger partial charge in [0, 0.05) is 5.69 Å². The molecule has 0 heterocycles. The monoisotopic (exact) mass is 297 g/mol. The third-order valence-corrected chi connectivity index (χ3v) is 2.99. The van der Waals surface area contributed by atoms with Crippen LogP contribution in [-0.4, -0.2) is 5.91 Å². The minimum absolute atomic E-state index is 0.328. The smallest absolute Gasteiger partial charge is 0.258 e. The van der Waals surface area contributed by atoms with Crippen molar-refractivity contribution in [2.75, 3.05) is 5.32 Å². The number of benzene rings is 2. The molecule has 2 aromatic rings. The summed E-state index contributed by atoms with van der Waals surface area (Å²) in [5.41, 5.74) is 1.02. The molecular weight excluding hydrogens is 286 g/mol. The molecule has 6 heteroatoms. The zero-order chi connectivity index (χ0) is 15.7. The van der Waals surface area contributed by atoms with Gasteiger partial charge in [0.05, 0.1) is 5.56 Å². The lowest BCUT2D eigenvalue weighted by atomic mass is 10.1. The van der Waals surface area contributed by atoms with E-state index in [2.05, 4.69) is 5.32 Å². The van der Waals surface area contributed by atoms with Gasteiger partial charge < -0.3 is 5.32 Å². The summed E-state index contributed by atoms with van der Waals surface area (Å²) in [5.74, 6) is -8.37. The standard InChI is InChI=1S/C15H11F4NO/c1-7-3-4-8(2)11(5-7)20-15(21)9-6-10(16)13(18)14(19)12(9)17/h3-6H,1-2H3,(H,20,21). The molecule has 0 aromatic heterocycles. The third kappa shape index (κ3) is 2.89. The Morgan fingerprint density at radius 1 is 0.952 bits per heavy atom. The molecule has 0 atom stereocenters. The first kappa shape index (κ1) is 15.0. The van der Waals surface area contributed by atoms with Crippen LogP contribution in [0.25, 0.3) is 0 Å². The van der Waals surface area contributed by atoms with Crippen molar-refractivity contribution in [2.24, 2.45) is 0 Å². The largest absolute Gasteiger partial charge is 0.322 e. The van der Waals surface area contributed by atoms with Gasteiger partial charge in [0.1, 0.15) is 0 Å². The summed E-state index contributed by atoms with van der Waals surface area (Å²) in [6, 6.07) is 5.49. The maximum Gasteiger partial charge on any atom is 0.258 e. The molecule has 21 heavy (non-hydrogen) atoms. The lowest BCUT2D eigenvalue weighted by molar-refractivity contribution is 0.102. The number of carbonyl (C=O) groups is 1. The topological polar surface area (TPSA) is 29.1 Å². The first-order valence-electron chi connectivity index (χ1n) is 6.03. The molecule has 0 saturated carbocycles. The normalized spacial score (nSPS) is 10.6. The van der Waals surface area contributed by atoms with Crippen molar-refractivity contribution in [1.82, 2.24) is 0 Å². The number of hydrogen-bond donors (Lipinski definition) is 1. The van der Waals surface area contributed by atoms with E-state index in [1.165, 1.54) is 0 Å². The maximum absolute atomic E-state index is 13.5. The number of nitrogens with one attached hydrogen (secondary N) is 1. The van der Waals surface area contributed by atoms with Crippen LogP contribution >= 0.6 is 0 Å². The quantitative estimate of drug-likeness (QED) is 0.504. The number of aryl methyl sites for hydroxylation is 2. The number of halogens is 4. The second-order valence-corrected chi connectivity index (χ2v) is 4.62. The van der Waals surface area contributed by atoms with Gasteiger partial charge in [0.15, 0.2) is 23.3 Å². The summed E-state index contributed by atoms with van der Waals surface area (Å²) in [7, 11) is 0. The molecule has 2 rings (SSSR count). The average Bonchev–Trinajstić information content (AvgIpc) is 2.44. The fraction of sp³-hybridized carbons (Fsp3) is 0.133. The molecule has 0 aliphatic rings. The van der Waals surface area contributed by atoms with E-state index >= 15 is 0 Å². The van der Waals surface area contributed by atoms with Gasteiger partial charge in [-0.15, -0.1) is 0 Å². The number of amides is 1. The van der Waals surface area contributed by atoms with E-state index < -0.39 is 34.7 Å². The summed E-state index contributed by atoms with van der Waals surface area (Å²) >= 11 is 0. The van der Waals surface area contributed by atoms with Gasteiger partial charge in [0.2, 0.25) is 0 Å². The second-order valence-electron chi connectivity index (χ2n) is 4.62. The number of carbonyl (C=O) groups excluding carboxylic acids is 1. The van der Waals surface area contributed by atoms with Gasteiger partial charge in [-0.25, -0.2) is 17.6 Å². The summed E-state index contributed by atoms with van der Waals surface area (Å²) < 4.78 is 52.6. The molecular formula is C15H11F4NO. The minimum atomic E-state index is -2.01. The summed E-state index contributed by atoms with van der Waals surface area (Å²) in [6.07, 6.45) is 0. The van der Waals surface area contributed by atoms with E-state index in [0.29, 0.717) is 17.3 Å². The van der Waals surface area contributed by atoms with Crippen LogP contribution in [0, 0.1) is 37.1 Å². The van der Waals surface area contributed by atoms with Crippen molar-refractivity contribution < 1.29 is 22.4 Å². The van der Waals surface area contributed by atoms with Crippen LogP contribution in [0.15, 0.2) is 24.3 Å². The Bertz CT molecular complexity index is 728. The van der Waals surface area contributed by atoms with E-state index in [-0.39, 0.29) is 0 Å². The molecule has 0 radical (unpaired) electrons. The molecule has 0 spiro atoms. The molecule has 0 fully saturated rings. The van der Waals surface area contributed by atoms with Crippen molar-refractivity contribution in [2.45, 2.75) is 13.8 Å². The first-order chi connectivity index (χ1) is 9.81. The van der Waals surface area contributed by atoms with Crippen LogP contribution in [0.3, 0.4) is 0 Å². The highest BCUT2D eigenvalue weighted by atomic mass is 19.2. The van der Waals surface area contributed by atoms with Crippen LogP contribution in [0.2, 0.25) is 0 Å². The van der Waals surface area contributed by atoms with E-state index in [9.17, 15) is 22.4 Å². The Labute approximate surface area is 118 Å². The zero-order valence-corrected chi connectivity index (χ0v) is 11.2. The predicted octanol–water partition coefficient (Wildman–Crippen LogP) is 4.11. The van der Waals surface area contributed by atoms with Gasteiger partial charge in [-0.1, -0.05) is 12.1 Å².